The van der Waals surface area contributed by atoms with Crippen LogP contribution in [0.5, 0.6) is 0 Å². The highest BCUT2D eigenvalue weighted by Crippen LogP contribution is 2.54. The van der Waals surface area contributed by atoms with Crippen LogP contribution in [0.25, 0.3) is 0 Å². The first-order chi connectivity index (χ1) is 14.7. The standard InChI is InChI=1S/C26H22N4/c27-15-8-10-18-19(13-15)24-22-6-2-3-11-29(22)25(18)23-17-9-7-16(28)14-20(17)26(24)30-12-4-1-5-21(23)30/h1-14,23-26H,27-28H2/q+2/t23-,24-,25-,26-/m0/s1. The third-order valence-corrected chi connectivity index (χ3v) is 7.24. The Bertz CT molecular complexity index is 1250. The van der Waals surface area contributed by atoms with Crippen molar-refractivity contribution in [2.45, 2.75) is 23.9 Å². The van der Waals surface area contributed by atoms with E-state index in [0.717, 1.165) is 11.4 Å². The van der Waals surface area contributed by atoms with E-state index in [1.54, 1.807) is 0 Å². The number of hydrogen-bond donors (Lipinski definition) is 2. The first-order valence-corrected chi connectivity index (χ1v) is 10.5. The van der Waals surface area contributed by atoms with Gasteiger partial charge in [-0.2, -0.15) is 9.13 Å². The summed E-state index contributed by atoms with van der Waals surface area (Å²) in [4.78, 5) is 0. The molecule has 4 aromatic rings. The van der Waals surface area contributed by atoms with E-state index in [4.69, 9.17) is 11.5 Å². The molecule has 7 heterocycles. The van der Waals surface area contributed by atoms with Gasteiger partial charge in [-0.25, -0.2) is 0 Å². The number of aromatic nitrogens is 2. The van der Waals surface area contributed by atoms with Crippen molar-refractivity contribution in [3.05, 3.63) is 119 Å². The summed E-state index contributed by atoms with van der Waals surface area (Å²) in [7, 11) is 0. The summed E-state index contributed by atoms with van der Waals surface area (Å²) >= 11 is 0. The van der Waals surface area contributed by atoms with E-state index < -0.39 is 0 Å². The largest absolute Gasteiger partial charge is 0.399 e. The van der Waals surface area contributed by atoms with Crippen molar-refractivity contribution in [1.29, 1.82) is 0 Å². The van der Waals surface area contributed by atoms with E-state index in [1.807, 2.05) is 0 Å². The topological polar surface area (TPSA) is 59.8 Å². The first-order valence-electron chi connectivity index (χ1n) is 10.5. The molecule has 0 radical (unpaired) electrons. The molecule has 4 heteroatoms. The van der Waals surface area contributed by atoms with E-state index in [0.29, 0.717) is 0 Å². The van der Waals surface area contributed by atoms with Crippen LogP contribution in [-0.2, 0) is 0 Å². The quantitative estimate of drug-likeness (QED) is 0.358. The fourth-order valence-electron chi connectivity index (χ4n) is 6.20. The van der Waals surface area contributed by atoms with Crippen LogP contribution in [0.1, 0.15) is 57.6 Å². The third kappa shape index (κ3) is 1.86. The summed E-state index contributed by atoms with van der Waals surface area (Å²) in [6, 6.07) is 26.5. The van der Waals surface area contributed by atoms with Crippen molar-refractivity contribution in [2.75, 3.05) is 11.5 Å². The molecule has 0 amide bonds. The van der Waals surface area contributed by atoms with Gasteiger partial charge in [0.05, 0.1) is 0 Å². The Balaban J connectivity index is 1.68. The minimum absolute atomic E-state index is 0.131. The van der Waals surface area contributed by atoms with Crippen LogP contribution in [0.4, 0.5) is 11.4 Å². The summed E-state index contributed by atoms with van der Waals surface area (Å²) in [5.74, 6) is 0.363. The van der Waals surface area contributed by atoms with Crippen LogP contribution in [0.2, 0.25) is 0 Å². The number of hydrogen-bond acceptors (Lipinski definition) is 2. The molecule has 5 aliphatic heterocycles. The van der Waals surface area contributed by atoms with Gasteiger partial charge in [-0.15, -0.1) is 0 Å². The highest BCUT2D eigenvalue weighted by atomic mass is 15.1. The Morgan fingerprint density at radius 2 is 1.07 bits per heavy atom. The molecule has 4 N–H and O–H groups in total. The number of benzene rings is 2. The molecular weight excluding hydrogens is 368 g/mol. The van der Waals surface area contributed by atoms with Gasteiger partial charge in [0.1, 0.15) is 11.8 Å². The molecule has 2 aromatic carbocycles. The van der Waals surface area contributed by atoms with Gasteiger partial charge < -0.3 is 11.5 Å². The number of nitrogens with two attached hydrogens (primary N) is 2. The average Bonchev–Trinajstić information content (AvgIpc) is 2.75. The maximum atomic E-state index is 6.30. The van der Waals surface area contributed by atoms with Gasteiger partial charge in [0.2, 0.25) is 12.1 Å². The molecule has 1 aliphatic carbocycles. The molecule has 144 valence electrons. The van der Waals surface area contributed by atoms with Crippen LogP contribution in [0, 0.1) is 0 Å². The van der Waals surface area contributed by atoms with Gasteiger partial charge in [-0.1, -0.05) is 24.3 Å². The van der Waals surface area contributed by atoms with Crippen LogP contribution < -0.4 is 20.6 Å². The lowest BCUT2D eigenvalue weighted by Gasteiger charge is -2.42. The lowest BCUT2D eigenvalue weighted by Crippen LogP contribution is -2.62. The number of nitrogens with zero attached hydrogens (tertiary/aromatic N) is 2. The fraction of sp³-hybridized carbons (Fsp3) is 0.154. The molecule has 4 nitrogen and oxygen atoms in total. The molecular formula is C26H22N4+2. The van der Waals surface area contributed by atoms with Crippen molar-refractivity contribution < 1.29 is 9.13 Å². The molecule has 30 heavy (non-hydrogen) atoms. The minimum Gasteiger partial charge on any atom is -0.399 e. The first kappa shape index (κ1) is 16.2. The zero-order chi connectivity index (χ0) is 20.0. The van der Waals surface area contributed by atoms with Crippen molar-refractivity contribution in [3.63, 3.8) is 0 Å². The fourth-order valence-corrected chi connectivity index (χ4v) is 6.20. The number of rotatable bonds is 0. The molecule has 4 atom stereocenters. The monoisotopic (exact) mass is 390 g/mol. The number of anilines is 2. The maximum absolute atomic E-state index is 6.30. The van der Waals surface area contributed by atoms with E-state index in [9.17, 15) is 0 Å². The van der Waals surface area contributed by atoms with Crippen molar-refractivity contribution >= 4 is 11.4 Å². The van der Waals surface area contributed by atoms with Crippen molar-refractivity contribution in [2.24, 2.45) is 0 Å². The molecule has 0 spiro atoms. The summed E-state index contributed by atoms with van der Waals surface area (Å²) in [6.07, 6.45) is 4.48. The predicted molar refractivity (Wildman–Crippen MR) is 115 cm³/mol. The summed E-state index contributed by atoms with van der Waals surface area (Å²) in [6.45, 7) is 0. The number of pyridine rings is 2. The predicted octanol–water partition coefficient (Wildman–Crippen LogP) is 3.21. The zero-order valence-corrected chi connectivity index (χ0v) is 16.4. The normalized spacial score (nSPS) is 24.3. The molecule has 4 bridgehead atoms. The van der Waals surface area contributed by atoms with Crippen LogP contribution in [0.15, 0.2) is 85.2 Å². The van der Waals surface area contributed by atoms with E-state index >= 15 is 0 Å². The highest BCUT2D eigenvalue weighted by Gasteiger charge is 2.58. The molecule has 10 rings (SSSR count). The summed E-state index contributed by atoms with van der Waals surface area (Å²) in [5.41, 5.74) is 22.4. The maximum Gasteiger partial charge on any atom is 0.200 e. The van der Waals surface area contributed by atoms with E-state index in [-0.39, 0.29) is 23.9 Å². The Morgan fingerprint density at radius 1 is 0.533 bits per heavy atom. The van der Waals surface area contributed by atoms with Crippen LogP contribution >= 0.6 is 0 Å². The highest BCUT2D eigenvalue weighted by molar-refractivity contribution is 5.57. The van der Waals surface area contributed by atoms with Crippen LogP contribution in [0.3, 0.4) is 0 Å². The van der Waals surface area contributed by atoms with Gasteiger partial charge in [0.15, 0.2) is 23.8 Å². The van der Waals surface area contributed by atoms with Gasteiger partial charge in [-0.05, 0) is 35.4 Å². The minimum atomic E-state index is 0.131. The summed E-state index contributed by atoms with van der Waals surface area (Å²) < 4.78 is 4.98. The third-order valence-electron chi connectivity index (χ3n) is 7.24. The lowest BCUT2D eigenvalue weighted by molar-refractivity contribution is -0.769. The Labute approximate surface area is 175 Å². The smallest absolute Gasteiger partial charge is 0.200 e. The Hall–Kier alpha value is -3.66. The summed E-state index contributed by atoms with van der Waals surface area (Å²) in [5, 5.41) is 0. The number of nitrogen functional groups attached to an aromatic ring is 2. The van der Waals surface area contributed by atoms with Crippen molar-refractivity contribution in [1.82, 2.24) is 0 Å². The SMILES string of the molecule is Nc1ccc2c(c1)[C@H]1c3cccc[n+]3[C@@H]2[C@H]2c3ccc(N)cc3[C@@H]1[n+]1ccccc12. The van der Waals surface area contributed by atoms with Gasteiger partial charge >= 0.3 is 0 Å². The lowest BCUT2D eigenvalue weighted by atomic mass is 9.65. The van der Waals surface area contributed by atoms with Gasteiger partial charge in [0, 0.05) is 46.8 Å². The van der Waals surface area contributed by atoms with Gasteiger partial charge in [-0.3, -0.25) is 0 Å². The average molecular weight is 390 g/mol. The molecule has 0 unspecified atom stereocenters. The van der Waals surface area contributed by atoms with Crippen molar-refractivity contribution in [3.8, 4) is 0 Å². The van der Waals surface area contributed by atoms with Gasteiger partial charge in [0.25, 0.3) is 0 Å². The second-order valence-electron chi connectivity index (χ2n) is 8.69. The molecule has 0 saturated carbocycles. The molecule has 0 saturated heterocycles. The van der Waals surface area contributed by atoms with E-state index in [2.05, 4.69) is 94.3 Å². The second kappa shape index (κ2) is 5.48. The second-order valence-corrected chi connectivity index (χ2v) is 8.69. The van der Waals surface area contributed by atoms with Crippen LogP contribution in [-0.4, -0.2) is 0 Å². The van der Waals surface area contributed by atoms with E-state index in [1.165, 1.54) is 33.6 Å². The Morgan fingerprint density at radius 3 is 1.73 bits per heavy atom. The zero-order valence-electron chi connectivity index (χ0n) is 16.4. The molecule has 6 aliphatic rings. The Kier molecular flexibility index (Phi) is 2.95. The molecule has 0 fully saturated rings. The molecule has 2 aromatic heterocycles.